The lowest BCUT2D eigenvalue weighted by Crippen LogP contribution is -2.33. The Kier molecular flexibility index (Phi) is 4.23. The van der Waals surface area contributed by atoms with E-state index in [4.69, 9.17) is 0 Å². The minimum absolute atomic E-state index is 0.117. The van der Waals surface area contributed by atoms with Crippen molar-refractivity contribution in [3.05, 3.63) is 0 Å². The number of nitrogens with zero attached hydrogens (tertiary/aromatic N) is 1. The maximum atomic E-state index is 11.3. The van der Waals surface area contributed by atoms with Crippen molar-refractivity contribution >= 4 is 6.03 Å². The van der Waals surface area contributed by atoms with Crippen LogP contribution in [0.15, 0.2) is 0 Å². The van der Waals surface area contributed by atoms with E-state index in [9.17, 15) is 4.79 Å². The van der Waals surface area contributed by atoms with Crippen LogP contribution in [0.25, 0.3) is 0 Å². The Labute approximate surface area is 86.9 Å². The minimum Gasteiger partial charge on any atom is -0.333 e. The van der Waals surface area contributed by atoms with Gasteiger partial charge in [0.25, 0.3) is 0 Å². The predicted molar refractivity (Wildman–Crippen MR) is 58.3 cm³/mol. The molecule has 0 bridgehead atoms. The van der Waals surface area contributed by atoms with Crippen molar-refractivity contribution in [1.29, 1.82) is 0 Å². The van der Waals surface area contributed by atoms with E-state index in [1.54, 1.807) is 0 Å². The molecule has 82 valence electrons. The third kappa shape index (κ3) is 2.20. The van der Waals surface area contributed by atoms with Gasteiger partial charge in [-0.3, -0.25) is 0 Å². The van der Waals surface area contributed by atoms with E-state index in [2.05, 4.69) is 5.32 Å². The van der Waals surface area contributed by atoms with Gasteiger partial charge in [-0.25, -0.2) is 4.79 Å². The summed E-state index contributed by atoms with van der Waals surface area (Å²) in [7, 11) is 1.91. The monoisotopic (exact) mass is 198 g/mol. The van der Waals surface area contributed by atoms with Crippen LogP contribution in [0.4, 0.5) is 4.79 Å². The SMILES string of the molecule is CC.CN1C(=O)NC2CCCCCC21. The summed E-state index contributed by atoms with van der Waals surface area (Å²) in [6.07, 6.45) is 6.23. The van der Waals surface area contributed by atoms with Gasteiger partial charge in [-0.15, -0.1) is 0 Å². The first-order valence-electron chi connectivity index (χ1n) is 5.82. The third-order valence-corrected chi connectivity index (χ3v) is 3.11. The molecule has 1 saturated heterocycles. The van der Waals surface area contributed by atoms with Crippen molar-refractivity contribution < 1.29 is 4.79 Å². The molecule has 3 heteroatoms. The normalized spacial score (nSPS) is 31.1. The van der Waals surface area contributed by atoms with Crippen LogP contribution in [0.2, 0.25) is 0 Å². The quantitative estimate of drug-likeness (QED) is 0.636. The van der Waals surface area contributed by atoms with E-state index >= 15 is 0 Å². The predicted octanol–water partition coefficient (Wildman–Crippen LogP) is 2.37. The molecule has 1 saturated carbocycles. The lowest BCUT2D eigenvalue weighted by atomic mass is 10.1. The van der Waals surface area contributed by atoms with Crippen molar-refractivity contribution in [1.82, 2.24) is 10.2 Å². The average Bonchev–Trinajstić information content (AvgIpc) is 2.44. The van der Waals surface area contributed by atoms with Gasteiger partial charge in [0.05, 0.1) is 12.1 Å². The molecule has 0 aromatic carbocycles. The number of hydrogen-bond donors (Lipinski definition) is 1. The number of carbonyl (C=O) groups is 1. The molecule has 0 aromatic heterocycles. The van der Waals surface area contributed by atoms with E-state index in [0.29, 0.717) is 12.1 Å². The highest BCUT2D eigenvalue weighted by Gasteiger charge is 2.36. The number of amides is 2. The van der Waals surface area contributed by atoms with Gasteiger partial charge >= 0.3 is 6.03 Å². The van der Waals surface area contributed by atoms with Gasteiger partial charge in [-0.2, -0.15) is 0 Å². The molecule has 0 spiro atoms. The molecule has 3 nitrogen and oxygen atoms in total. The minimum atomic E-state index is 0.117. The van der Waals surface area contributed by atoms with Crippen molar-refractivity contribution in [3.8, 4) is 0 Å². The van der Waals surface area contributed by atoms with Crippen LogP contribution in [0.3, 0.4) is 0 Å². The molecule has 2 fully saturated rings. The Balaban J connectivity index is 0.000000461. The zero-order valence-corrected chi connectivity index (χ0v) is 9.55. The van der Waals surface area contributed by atoms with E-state index in [1.165, 1.54) is 32.1 Å². The van der Waals surface area contributed by atoms with E-state index in [0.717, 1.165) is 0 Å². The smallest absolute Gasteiger partial charge is 0.317 e. The van der Waals surface area contributed by atoms with Crippen LogP contribution in [0, 0.1) is 0 Å². The molecule has 0 radical (unpaired) electrons. The topological polar surface area (TPSA) is 32.3 Å². The van der Waals surface area contributed by atoms with E-state index < -0.39 is 0 Å². The van der Waals surface area contributed by atoms with Crippen LogP contribution >= 0.6 is 0 Å². The van der Waals surface area contributed by atoms with Gasteiger partial charge in [0.1, 0.15) is 0 Å². The Morgan fingerprint density at radius 2 is 1.86 bits per heavy atom. The number of likely N-dealkylation sites (N-methyl/N-ethyl adjacent to an activating group) is 1. The zero-order valence-electron chi connectivity index (χ0n) is 9.55. The molecule has 0 aromatic rings. The highest BCUT2D eigenvalue weighted by Crippen LogP contribution is 2.25. The second kappa shape index (κ2) is 5.23. The number of urea groups is 1. The Hall–Kier alpha value is -0.730. The number of rotatable bonds is 0. The molecule has 1 aliphatic heterocycles. The van der Waals surface area contributed by atoms with Gasteiger partial charge in [0.15, 0.2) is 0 Å². The Morgan fingerprint density at radius 3 is 2.57 bits per heavy atom. The van der Waals surface area contributed by atoms with Crippen molar-refractivity contribution in [2.75, 3.05) is 7.05 Å². The lowest BCUT2D eigenvalue weighted by Gasteiger charge is -2.20. The van der Waals surface area contributed by atoms with Crippen molar-refractivity contribution in [2.24, 2.45) is 0 Å². The van der Waals surface area contributed by atoms with Crippen LogP contribution in [-0.2, 0) is 0 Å². The van der Waals surface area contributed by atoms with Gasteiger partial charge in [0, 0.05) is 7.05 Å². The summed E-state index contributed by atoms with van der Waals surface area (Å²) in [6.45, 7) is 4.00. The molecule has 2 aliphatic rings. The number of fused-ring (bicyclic) bond motifs is 1. The molecule has 14 heavy (non-hydrogen) atoms. The zero-order chi connectivity index (χ0) is 10.6. The van der Waals surface area contributed by atoms with Gasteiger partial charge in [-0.1, -0.05) is 33.1 Å². The number of nitrogens with one attached hydrogen (secondary N) is 1. The van der Waals surface area contributed by atoms with Crippen LogP contribution in [0.1, 0.15) is 46.0 Å². The number of carbonyl (C=O) groups excluding carboxylic acids is 1. The number of hydrogen-bond acceptors (Lipinski definition) is 1. The maximum absolute atomic E-state index is 11.3. The van der Waals surface area contributed by atoms with Gasteiger partial charge < -0.3 is 10.2 Å². The Morgan fingerprint density at radius 1 is 1.21 bits per heavy atom. The second-order valence-electron chi connectivity index (χ2n) is 3.87. The molecular formula is C11H22N2O. The summed E-state index contributed by atoms with van der Waals surface area (Å²) in [5.41, 5.74) is 0. The Bertz CT molecular complexity index is 194. The molecule has 1 N–H and O–H groups in total. The van der Waals surface area contributed by atoms with Gasteiger partial charge in [-0.05, 0) is 12.8 Å². The van der Waals surface area contributed by atoms with E-state index in [1.807, 2.05) is 25.8 Å². The van der Waals surface area contributed by atoms with Crippen LogP contribution in [-0.4, -0.2) is 30.1 Å². The fraction of sp³-hybridized carbons (Fsp3) is 0.909. The molecule has 2 rings (SSSR count). The fourth-order valence-electron chi connectivity index (χ4n) is 2.33. The average molecular weight is 198 g/mol. The summed E-state index contributed by atoms with van der Waals surface area (Å²) in [6, 6.07) is 1.02. The molecule has 2 amide bonds. The summed E-state index contributed by atoms with van der Waals surface area (Å²) < 4.78 is 0. The first-order valence-corrected chi connectivity index (χ1v) is 5.82. The molecule has 1 aliphatic carbocycles. The highest BCUT2D eigenvalue weighted by molar-refractivity contribution is 5.77. The molecular weight excluding hydrogens is 176 g/mol. The third-order valence-electron chi connectivity index (χ3n) is 3.11. The summed E-state index contributed by atoms with van der Waals surface area (Å²) in [4.78, 5) is 13.1. The summed E-state index contributed by atoms with van der Waals surface area (Å²) >= 11 is 0. The second-order valence-corrected chi connectivity index (χ2v) is 3.87. The standard InChI is InChI=1S/C9H16N2O.C2H6/c1-11-8-6-4-2-3-5-7(8)10-9(11)12;1-2/h7-8H,2-6H2,1H3,(H,10,12);1-2H3. The van der Waals surface area contributed by atoms with Gasteiger partial charge in [0.2, 0.25) is 0 Å². The van der Waals surface area contributed by atoms with Crippen LogP contribution < -0.4 is 5.32 Å². The van der Waals surface area contributed by atoms with Crippen LogP contribution in [0.5, 0.6) is 0 Å². The molecule has 2 atom stereocenters. The summed E-state index contributed by atoms with van der Waals surface area (Å²) in [5, 5.41) is 3.03. The van der Waals surface area contributed by atoms with E-state index in [-0.39, 0.29) is 6.03 Å². The maximum Gasteiger partial charge on any atom is 0.317 e. The molecule has 2 unspecified atom stereocenters. The summed E-state index contributed by atoms with van der Waals surface area (Å²) in [5.74, 6) is 0. The molecule has 1 heterocycles. The fourth-order valence-corrected chi connectivity index (χ4v) is 2.33. The lowest BCUT2D eigenvalue weighted by molar-refractivity contribution is 0.213. The first kappa shape index (κ1) is 11.3. The first-order chi connectivity index (χ1) is 6.79. The van der Waals surface area contributed by atoms with Crippen molar-refractivity contribution in [2.45, 2.75) is 58.0 Å². The largest absolute Gasteiger partial charge is 0.333 e. The highest BCUT2D eigenvalue weighted by atomic mass is 16.2. The van der Waals surface area contributed by atoms with Crippen molar-refractivity contribution in [3.63, 3.8) is 0 Å².